The molecule has 1 aliphatic carbocycles. The first-order valence-electron chi connectivity index (χ1n) is 10.5. The standard InChI is InChI=1S/C24H31NO5/c1-14-16-7-19(28-5)20(29-6)9-18(16)30-22(27)17(14)8-21(26)25-13-24(4)11-15(25)10-23(2,3)12-24/h7,9,15H,8,10-13H2,1-6H3. The minimum absolute atomic E-state index is 0.0108. The summed E-state index contributed by atoms with van der Waals surface area (Å²) in [5.41, 5.74) is 1.54. The largest absolute Gasteiger partial charge is 0.493 e. The van der Waals surface area contributed by atoms with Crippen LogP contribution in [0.5, 0.6) is 11.5 Å². The monoisotopic (exact) mass is 413 g/mol. The van der Waals surface area contributed by atoms with E-state index in [1.807, 2.05) is 11.8 Å². The number of nitrogens with zero attached hydrogens (tertiary/aromatic N) is 1. The summed E-state index contributed by atoms with van der Waals surface area (Å²) in [5.74, 6) is 1.07. The van der Waals surface area contributed by atoms with Gasteiger partial charge in [0.2, 0.25) is 5.91 Å². The molecule has 2 aromatic rings. The number of hydrogen-bond donors (Lipinski definition) is 0. The summed E-state index contributed by atoms with van der Waals surface area (Å²) in [4.78, 5) is 28.0. The van der Waals surface area contributed by atoms with Crippen molar-refractivity contribution in [2.24, 2.45) is 10.8 Å². The molecule has 0 N–H and O–H groups in total. The quantitative estimate of drug-likeness (QED) is 0.706. The van der Waals surface area contributed by atoms with Gasteiger partial charge in [0, 0.05) is 24.0 Å². The van der Waals surface area contributed by atoms with Crippen molar-refractivity contribution in [3.05, 3.63) is 33.7 Å². The van der Waals surface area contributed by atoms with Crippen LogP contribution in [0.3, 0.4) is 0 Å². The Labute approximate surface area is 177 Å². The summed E-state index contributed by atoms with van der Waals surface area (Å²) in [6, 6.07) is 3.71. The van der Waals surface area contributed by atoms with Crippen LogP contribution in [0.4, 0.5) is 0 Å². The molecule has 2 bridgehead atoms. The maximum absolute atomic E-state index is 13.3. The van der Waals surface area contributed by atoms with Gasteiger partial charge in [-0.1, -0.05) is 20.8 Å². The van der Waals surface area contributed by atoms with Gasteiger partial charge in [0.05, 0.1) is 26.2 Å². The maximum Gasteiger partial charge on any atom is 0.340 e. The minimum Gasteiger partial charge on any atom is -0.493 e. The molecule has 4 rings (SSSR count). The number of fused-ring (bicyclic) bond motifs is 3. The Kier molecular flexibility index (Phi) is 4.87. The highest BCUT2D eigenvalue weighted by molar-refractivity contribution is 5.87. The Hall–Kier alpha value is -2.50. The lowest BCUT2D eigenvalue weighted by Gasteiger charge is -2.39. The van der Waals surface area contributed by atoms with Crippen molar-refractivity contribution in [3.8, 4) is 11.5 Å². The molecule has 1 aromatic carbocycles. The summed E-state index contributed by atoms with van der Waals surface area (Å²) in [5, 5.41) is 0.753. The van der Waals surface area contributed by atoms with Gasteiger partial charge in [-0.15, -0.1) is 0 Å². The van der Waals surface area contributed by atoms with Crippen LogP contribution in [0.2, 0.25) is 0 Å². The van der Waals surface area contributed by atoms with Gasteiger partial charge in [-0.25, -0.2) is 4.79 Å². The van der Waals surface area contributed by atoms with E-state index in [1.54, 1.807) is 19.2 Å². The molecule has 1 amide bonds. The first-order chi connectivity index (χ1) is 14.1. The Morgan fingerprint density at radius 1 is 1.17 bits per heavy atom. The molecule has 0 spiro atoms. The first-order valence-corrected chi connectivity index (χ1v) is 10.5. The lowest BCUT2D eigenvalue weighted by Crippen LogP contribution is -2.39. The summed E-state index contributed by atoms with van der Waals surface area (Å²) in [7, 11) is 3.10. The van der Waals surface area contributed by atoms with Crippen LogP contribution in [-0.2, 0) is 11.2 Å². The average Bonchev–Trinajstić information content (AvgIpc) is 2.92. The zero-order valence-corrected chi connectivity index (χ0v) is 18.8. The topological polar surface area (TPSA) is 69.0 Å². The number of hydrogen-bond acceptors (Lipinski definition) is 5. The Morgan fingerprint density at radius 2 is 1.83 bits per heavy atom. The van der Waals surface area contributed by atoms with Crippen LogP contribution in [0, 0.1) is 17.8 Å². The van der Waals surface area contributed by atoms with Crippen molar-refractivity contribution in [3.63, 3.8) is 0 Å². The third-order valence-electron chi connectivity index (χ3n) is 6.85. The zero-order valence-electron chi connectivity index (χ0n) is 18.8. The van der Waals surface area contributed by atoms with Gasteiger partial charge < -0.3 is 18.8 Å². The molecule has 1 aromatic heterocycles. The number of methoxy groups -OCH3 is 2. The van der Waals surface area contributed by atoms with Gasteiger partial charge in [0.25, 0.3) is 0 Å². The normalized spacial score (nSPS) is 24.9. The summed E-state index contributed by atoms with van der Waals surface area (Å²) in [6.45, 7) is 9.48. The summed E-state index contributed by atoms with van der Waals surface area (Å²) < 4.78 is 16.3. The third kappa shape index (κ3) is 3.46. The average molecular weight is 414 g/mol. The molecular formula is C24H31NO5. The fourth-order valence-electron chi connectivity index (χ4n) is 5.92. The van der Waals surface area contributed by atoms with Crippen LogP contribution in [0.15, 0.2) is 21.3 Å². The van der Waals surface area contributed by atoms with Gasteiger partial charge in [0.1, 0.15) is 5.58 Å². The summed E-state index contributed by atoms with van der Waals surface area (Å²) in [6.07, 6.45) is 3.24. The molecule has 6 nitrogen and oxygen atoms in total. The molecule has 2 unspecified atom stereocenters. The molecule has 1 aliphatic heterocycles. The highest BCUT2D eigenvalue weighted by Gasteiger charge is 2.50. The maximum atomic E-state index is 13.3. The number of carbonyl (C=O) groups is 1. The first kappa shape index (κ1) is 20.8. The fraction of sp³-hybridized carbons (Fsp3) is 0.583. The Balaban J connectivity index is 1.67. The smallest absolute Gasteiger partial charge is 0.340 e. The number of benzene rings is 1. The molecule has 30 heavy (non-hydrogen) atoms. The molecule has 6 heteroatoms. The SMILES string of the molecule is COc1cc2oc(=O)c(CC(=O)N3CC4(C)CC3CC(C)(C)C4)c(C)c2cc1OC. The fourth-order valence-corrected chi connectivity index (χ4v) is 5.92. The van der Waals surface area contributed by atoms with E-state index in [2.05, 4.69) is 20.8 Å². The van der Waals surface area contributed by atoms with E-state index in [-0.39, 0.29) is 29.2 Å². The van der Waals surface area contributed by atoms with Crippen molar-refractivity contribution >= 4 is 16.9 Å². The molecule has 2 heterocycles. The lowest BCUT2D eigenvalue weighted by atomic mass is 9.65. The van der Waals surface area contributed by atoms with E-state index in [0.717, 1.165) is 36.8 Å². The van der Waals surface area contributed by atoms with E-state index in [0.29, 0.717) is 22.6 Å². The second kappa shape index (κ2) is 7.03. The molecule has 162 valence electrons. The number of ether oxygens (including phenoxy) is 2. The Morgan fingerprint density at radius 3 is 2.50 bits per heavy atom. The Bertz CT molecular complexity index is 1070. The number of aryl methyl sites for hydroxylation is 1. The van der Waals surface area contributed by atoms with Crippen molar-refractivity contribution in [1.29, 1.82) is 0 Å². The predicted octanol–water partition coefficient (Wildman–Crippen LogP) is 4.09. The van der Waals surface area contributed by atoms with Gasteiger partial charge in [0.15, 0.2) is 11.5 Å². The second-order valence-corrected chi connectivity index (χ2v) is 10.1. The van der Waals surface area contributed by atoms with Crippen LogP contribution < -0.4 is 15.1 Å². The van der Waals surface area contributed by atoms with E-state index in [9.17, 15) is 9.59 Å². The van der Waals surface area contributed by atoms with Crippen molar-refractivity contribution in [2.75, 3.05) is 20.8 Å². The van der Waals surface area contributed by atoms with E-state index < -0.39 is 5.63 Å². The molecule has 2 fully saturated rings. The van der Waals surface area contributed by atoms with E-state index in [1.165, 1.54) is 7.11 Å². The van der Waals surface area contributed by atoms with Gasteiger partial charge >= 0.3 is 5.63 Å². The molecule has 2 atom stereocenters. The minimum atomic E-state index is -0.464. The van der Waals surface area contributed by atoms with Crippen LogP contribution in [0.1, 0.15) is 51.2 Å². The number of carbonyl (C=O) groups excluding carboxylic acids is 1. The molecule has 2 aliphatic rings. The van der Waals surface area contributed by atoms with Crippen molar-refractivity contribution < 1.29 is 18.7 Å². The third-order valence-corrected chi connectivity index (χ3v) is 6.85. The zero-order chi connectivity index (χ0) is 21.8. The molecular weight excluding hydrogens is 382 g/mol. The van der Waals surface area contributed by atoms with E-state index >= 15 is 0 Å². The van der Waals surface area contributed by atoms with Crippen LogP contribution >= 0.6 is 0 Å². The summed E-state index contributed by atoms with van der Waals surface area (Å²) >= 11 is 0. The number of rotatable bonds is 4. The highest BCUT2D eigenvalue weighted by atomic mass is 16.5. The predicted molar refractivity (Wildman–Crippen MR) is 115 cm³/mol. The van der Waals surface area contributed by atoms with Crippen LogP contribution in [-0.4, -0.2) is 37.6 Å². The van der Waals surface area contributed by atoms with Crippen LogP contribution in [0.25, 0.3) is 11.0 Å². The highest BCUT2D eigenvalue weighted by Crippen LogP contribution is 2.52. The molecule has 0 radical (unpaired) electrons. The van der Waals surface area contributed by atoms with Crippen molar-refractivity contribution in [2.45, 2.75) is 59.4 Å². The van der Waals surface area contributed by atoms with Gasteiger partial charge in [-0.05, 0) is 48.6 Å². The van der Waals surface area contributed by atoms with Crippen molar-refractivity contribution in [1.82, 2.24) is 4.90 Å². The van der Waals surface area contributed by atoms with Gasteiger partial charge in [-0.3, -0.25) is 4.79 Å². The number of likely N-dealkylation sites (tertiary alicyclic amines) is 1. The van der Waals surface area contributed by atoms with E-state index in [4.69, 9.17) is 13.9 Å². The van der Waals surface area contributed by atoms with Gasteiger partial charge in [-0.2, -0.15) is 0 Å². The number of amides is 1. The molecule has 1 saturated carbocycles. The second-order valence-electron chi connectivity index (χ2n) is 10.1. The lowest BCUT2D eigenvalue weighted by molar-refractivity contribution is -0.131. The molecule has 1 saturated heterocycles.